The maximum Gasteiger partial charge on any atom is 0.311 e. The number of aromatic nitrogens is 1. The van der Waals surface area contributed by atoms with Gasteiger partial charge in [-0.25, -0.2) is 0 Å². The van der Waals surface area contributed by atoms with Crippen LogP contribution in [-0.2, 0) is 4.79 Å². The van der Waals surface area contributed by atoms with Gasteiger partial charge in [-0.05, 0) is 68.5 Å². The zero-order chi connectivity index (χ0) is 19.0. The molecule has 2 aromatic carbocycles. The van der Waals surface area contributed by atoms with E-state index < -0.39 is 11.9 Å². The van der Waals surface area contributed by atoms with Crippen molar-refractivity contribution in [2.24, 2.45) is 0 Å². The monoisotopic (exact) mass is 439 g/mol. The van der Waals surface area contributed by atoms with Gasteiger partial charge in [0.15, 0.2) is 0 Å². The summed E-state index contributed by atoms with van der Waals surface area (Å²) in [6, 6.07) is 18.8. The van der Waals surface area contributed by atoms with E-state index in [-0.39, 0.29) is 5.92 Å². The number of pyridine rings is 1. The maximum absolute atomic E-state index is 12.3. The Morgan fingerprint density at radius 2 is 1.93 bits per heavy atom. The van der Waals surface area contributed by atoms with Gasteiger partial charge in [-0.1, -0.05) is 48.0 Å². The minimum absolute atomic E-state index is 0.342. The van der Waals surface area contributed by atoms with Crippen LogP contribution in [0.5, 0.6) is 0 Å². The summed E-state index contributed by atoms with van der Waals surface area (Å²) in [5, 5.41) is 10.6. The molecule has 0 saturated heterocycles. The summed E-state index contributed by atoms with van der Waals surface area (Å²) in [5.74, 6) is -1.99. The summed E-state index contributed by atoms with van der Waals surface area (Å²) in [5.41, 5.74) is 4.36. The van der Waals surface area contributed by atoms with Crippen molar-refractivity contribution in [3.8, 4) is 0 Å². The molecule has 0 aliphatic heterocycles. The molecule has 1 heterocycles. The van der Waals surface area contributed by atoms with Crippen molar-refractivity contribution < 1.29 is 9.90 Å². The average molecular weight is 441 g/mol. The molecule has 1 N–H and O–H groups in total. The highest BCUT2D eigenvalue weighted by molar-refractivity contribution is 9.10. The van der Waals surface area contributed by atoms with Gasteiger partial charge in [-0.15, -0.1) is 0 Å². The molecule has 2 atom stereocenters. The standard InChI is InChI=1S/C22H15BrClNO2/c23-15-8-9-19(25-12-15)18-11-13-4-1-2-7-17(13)21(18)20(22(26)27)14-5-3-6-16(24)10-14/h1-12,20-21H,(H,26,27). The van der Waals surface area contributed by atoms with E-state index in [0.717, 1.165) is 26.9 Å². The number of rotatable bonds is 4. The average Bonchev–Trinajstić information content (AvgIpc) is 3.02. The largest absolute Gasteiger partial charge is 0.481 e. The van der Waals surface area contributed by atoms with Crippen LogP contribution in [-0.4, -0.2) is 16.1 Å². The lowest BCUT2D eigenvalue weighted by molar-refractivity contribution is -0.139. The lowest BCUT2D eigenvalue weighted by Gasteiger charge is -2.24. The summed E-state index contributed by atoms with van der Waals surface area (Å²) < 4.78 is 0.878. The molecule has 0 amide bonds. The van der Waals surface area contributed by atoms with Crippen LogP contribution in [0.3, 0.4) is 0 Å². The van der Waals surface area contributed by atoms with Gasteiger partial charge in [0.05, 0.1) is 11.6 Å². The third-order valence-corrected chi connectivity index (χ3v) is 5.51. The molecule has 4 rings (SSSR count). The normalized spacial score (nSPS) is 16.5. The Kier molecular flexibility index (Phi) is 4.85. The van der Waals surface area contributed by atoms with E-state index in [4.69, 9.17) is 11.6 Å². The van der Waals surface area contributed by atoms with Gasteiger partial charge in [-0.3, -0.25) is 9.78 Å². The lowest BCUT2D eigenvalue weighted by Crippen LogP contribution is -2.20. The van der Waals surface area contributed by atoms with E-state index >= 15 is 0 Å². The van der Waals surface area contributed by atoms with Crippen LogP contribution in [0, 0.1) is 0 Å². The van der Waals surface area contributed by atoms with E-state index in [1.807, 2.05) is 48.5 Å². The predicted octanol–water partition coefficient (Wildman–Crippen LogP) is 6.00. The Morgan fingerprint density at radius 1 is 1.11 bits per heavy atom. The van der Waals surface area contributed by atoms with Crippen molar-refractivity contribution in [2.45, 2.75) is 11.8 Å². The molecule has 27 heavy (non-hydrogen) atoms. The highest BCUT2D eigenvalue weighted by atomic mass is 79.9. The first kappa shape index (κ1) is 18.0. The molecule has 3 nitrogen and oxygen atoms in total. The van der Waals surface area contributed by atoms with E-state index in [0.29, 0.717) is 10.6 Å². The minimum Gasteiger partial charge on any atom is -0.481 e. The number of hydrogen-bond donors (Lipinski definition) is 1. The zero-order valence-electron chi connectivity index (χ0n) is 14.1. The van der Waals surface area contributed by atoms with Gasteiger partial charge < -0.3 is 5.11 Å². The summed E-state index contributed by atoms with van der Waals surface area (Å²) in [7, 11) is 0. The van der Waals surface area contributed by atoms with Crippen molar-refractivity contribution in [3.05, 3.63) is 98.7 Å². The van der Waals surface area contributed by atoms with E-state index in [2.05, 4.69) is 20.9 Å². The van der Waals surface area contributed by atoms with Crippen molar-refractivity contribution in [2.75, 3.05) is 0 Å². The molecule has 2 unspecified atom stereocenters. The maximum atomic E-state index is 12.3. The fourth-order valence-corrected chi connectivity index (χ4v) is 4.10. The van der Waals surface area contributed by atoms with Crippen LogP contribution in [0.25, 0.3) is 11.6 Å². The number of carboxylic acids is 1. The van der Waals surface area contributed by atoms with Crippen molar-refractivity contribution in [3.63, 3.8) is 0 Å². The first-order valence-corrected chi connectivity index (χ1v) is 9.62. The van der Waals surface area contributed by atoms with Crippen molar-refractivity contribution in [1.82, 2.24) is 4.98 Å². The number of aliphatic carboxylic acids is 1. The Bertz CT molecular complexity index is 1050. The topological polar surface area (TPSA) is 50.2 Å². The number of fused-ring (bicyclic) bond motifs is 1. The fourth-order valence-electron chi connectivity index (χ4n) is 3.67. The molecule has 0 fully saturated rings. The smallest absolute Gasteiger partial charge is 0.311 e. The van der Waals surface area contributed by atoms with Gasteiger partial charge in [0.2, 0.25) is 0 Å². The SMILES string of the molecule is O=C(O)C(c1cccc(Cl)c1)C1C(c2ccc(Br)cn2)=Cc2ccccc21. The van der Waals surface area contributed by atoms with E-state index in [1.165, 1.54) is 0 Å². The molecule has 0 spiro atoms. The Morgan fingerprint density at radius 3 is 2.63 bits per heavy atom. The molecular formula is C22H15BrClNO2. The zero-order valence-corrected chi connectivity index (χ0v) is 16.5. The number of carbonyl (C=O) groups is 1. The first-order chi connectivity index (χ1) is 13.0. The molecule has 5 heteroatoms. The number of nitrogens with zero attached hydrogens (tertiary/aromatic N) is 1. The second kappa shape index (κ2) is 7.29. The van der Waals surface area contributed by atoms with Crippen LogP contribution in [0.15, 0.2) is 71.3 Å². The minimum atomic E-state index is -0.887. The molecular weight excluding hydrogens is 426 g/mol. The van der Waals surface area contributed by atoms with Crippen LogP contribution < -0.4 is 0 Å². The second-order valence-electron chi connectivity index (χ2n) is 6.44. The third-order valence-electron chi connectivity index (χ3n) is 4.81. The molecule has 1 aliphatic rings. The molecule has 0 bridgehead atoms. The highest BCUT2D eigenvalue weighted by Crippen LogP contribution is 2.49. The molecule has 134 valence electrons. The van der Waals surface area contributed by atoms with Crippen LogP contribution in [0.4, 0.5) is 0 Å². The lowest BCUT2D eigenvalue weighted by atomic mass is 9.78. The highest BCUT2D eigenvalue weighted by Gasteiger charge is 2.38. The number of halogens is 2. The fraction of sp³-hybridized carbons (Fsp3) is 0.0909. The third kappa shape index (κ3) is 3.43. The Balaban J connectivity index is 1.89. The van der Waals surface area contributed by atoms with Gasteiger partial charge in [0.25, 0.3) is 0 Å². The van der Waals surface area contributed by atoms with Gasteiger partial charge >= 0.3 is 5.97 Å². The summed E-state index contributed by atoms with van der Waals surface area (Å²) in [6.45, 7) is 0. The van der Waals surface area contributed by atoms with Crippen LogP contribution in [0.1, 0.15) is 34.2 Å². The number of allylic oxidation sites excluding steroid dienone is 1. The Hall–Kier alpha value is -2.43. The molecule has 0 radical (unpaired) electrons. The van der Waals surface area contributed by atoms with Gasteiger partial charge in [0.1, 0.15) is 0 Å². The number of benzene rings is 2. The van der Waals surface area contributed by atoms with Gasteiger partial charge in [0, 0.05) is 21.6 Å². The van der Waals surface area contributed by atoms with E-state index in [9.17, 15) is 9.90 Å². The summed E-state index contributed by atoms with van der Waals surface area (Å²) in [6.07, 6.45) is 3.77. The summed E-state index contributed by atoms with van der Waals surface area (Å²) >= 11 is 9.55. The van der Waals surface area contributed by atoms with Crippen molar-refractivity contribution in [1.29, 1.82) is 0 Å². The van der Waals surface area contributed by atoms with Gasteiger partial charge in [-0.2, -0.15) is 0 Å². The van der Waals surface area contributed by atoms with E-state index in [1.54, 1.807) is 24.4 Å². The summed E-state index contributed by atoms with van der Waals surface area (Å²) in [4.78, 5) is 16.9. The molecule has 3 aromatic rings. The number of hydrogen-bond acceptors (Lipinski definition) is 2. The van der Waals surface area contributed by atoms with Crippen molar-refractivity contribution >= 4 is 45.1 Å². The quantitative estimate of drug-likeness (QED) is 0.541. The first-order valence-electron chi connectivity index (χ1n) is 8.45. The molecule has 0 saturated carbocycles. The predicted molar refractivity (Wildman–Crippen MR) is 111 cm³/mol. The molecule has 1 aliphatic carbocycles. The molecule has 1 aromatic heterocycles. The van der Waals surface area contributed by atoms with Crippen LogP contribution in [0.2, 0.25) is 5.02 Å². The van der Waals surface area contributed by atoms with Crippen LogP contribution >= 0.6 is 27.5 Å². The number of carboxylic acid groups (broad SMARTS) is 1. The Labute approximate surface area is 170 Å². The second-order valence-corrected chi connectivity index (χ2v) is 7.79.